The molecule has 2 aromatic rings. The topological polar surface area (TPSA) is 70.6 Å². The summed E-state index contributed by atoms with van der Waals surface area (Å²) in [5.74, 6) is -1.06. The highest BCUT2D eigenvalue weighted by atomic mass is 32.2. The predicted molar refractivity (Wildman–Crippen MR) is 113 cm³/mol. The Kier molecular flexibility index (Phi) is 6.45. The molecule has 0 spiro atoms. The van der Waals surface area contributed by atoms with Crippen molar-refractivity contribution in [1.82, 2.24) is 10.9 Å². The number of aliphatic imine (C=N–C) groups is 1. The molecule has 0 radical (unpaired) electrons. The number of amides is 2. The number of benzene rings is 2. The summed E-state index contributed by atoms with van der Waals surface area (Å²) in [4.78, 5) is 30.9. The number of rotatable bonds is 4. The Balaban J connectivity index is 1.60. The Bertz CT molecular complexity index is 965. The lowest BCUT2D eigenvalue weighted by atomic mass is 10.1. The van der Waals surface area contributed by atoms with Crippen molar-refractivity contribution in [2.45, 2.75) is 18.7 Å². The quantitative estimate of drug-likeness (QED) is 0.771. The normalized spacial score (nSPS) is 14.4. The first-order valence-electron chi connectivity index (χ1n) is 8.90. The number of hydrogen-bond donors (Lipinski definition) is 2. The number of nitrogens with one attached hydrogen (secondary N) is 2. The molecule has 1 unspecified atom stereocenters. The maximum atomic E-state index is 12.3. The molecule has 1 aliphatic rings. The molecule has 0 aliphatic carbocycles. The smallest absolute Gasteiger partial charge is 0.269 e. The number of carbonyl (C=O) groups excluding carboxylic acids is 2. The Morgan fingerprint density at radius 1 is 1.04 bits per heavy atom. The van der Waals surface area contributed by atoms with Gasteiger partial charge in [0.1, 0.15) is 0 Å². The number of thioether (sulfide) groups is 1. The number of hydrogen-bond acceptors (Lipinski definition) is 4. The van der Waals surface area contributed by atoms with Gasteiger partial charge in [-0.3, -0.25) is 25.4 Å². The largest absolute Gasteiger partial charge is 0.273 e. The van der Waals surface area contributed by atoms with Gasteiger partial charge in [0.15, 0.2) is 0 Å². The zero-order valence-corrected chi connectivity index (χ0v) is 16.5. The van der Waals surface area contributed by atoms with E-state index < -0.39 is 5.92 Å². The Hall–Kier alpha value is -3.12. The van der Waals surface area contributed by atoms with Crippen molar-refractivity contribution in [3.8, 4) is 0 Å². The fourth-order valence-electron chi connectivity index (χ4n) is 2.47. The third kappa shape index (κ3) is 4.98. The predicted octanol–water partition coefficient (Wildman–Crippen LogP) is 4.10. The monoisotopic (exact) mass is 391 g/mol. The van der Waals surface area contributed by atoms with Crippen molar-refractivity contribution >= 4 is 29.8 Å². The van der Waals surface area contributed by atoms with E-state index in [0.717, 1.165) is 21.1 Å². The van der Waals surface area contributed by atoms with Crippen LogP contribution in [0.15, 0.2) is 87.2 Å². The molecular formula is C22H21N3O2S. The molecular weight excluding hydrogens is 370 g/mol. The van der Waals surface area contributed by atoms with Gasteiger partial charge in [0.2, 0.25) is 5.91 Å². The van der Waals surface area contributed by atoms with Crippen LogP contribution in [0.1, 0.15) is 29.8 Å². The summed E-state index contributed by atoms with van der Waals surface area (Å²) in [5, 5.41) is 0. The van der Waals surface area contributed by atoms with Gasteiger partial charge in [-0.1, -0.05) is 61.2 Å². The van der Waals surface area contributed by atoms with Gasteiger partial charge in [0.05, 0.1) is 11.6 Å². The van der Waals surface area contributed by atoms with E-state index in [2.05, 4.69) is 15.8 Å². The summed E-state index contributed by atoms with van der Waals surface area (Å²) in [7, 11) is 0. The van der Waals surface area contributed by atoms with Crippen LogP contribution in [0.3, 0.4) is 0 Å². The molecule has 2 aromatic carbocycles. The molecule has 0 saturated carbocycles. The zero-order chi connectivity index (χ0) is 19.9. The molecule has 0 saturated heterocycles. The summed E-state index contributed by atoms with van der Waals surface area (Å²) in [6.07, 6.45) is 5.57. The standard InChI is InChI=1S/C22H21N3O2S/c1-15(21(26)24-25-22(27)17-8-4-3-5-9-17)12-13-19-16(2)23-14-18-10-6-7-11-20(18)28-19/h3-15H,1-2H3,(H,24,26)(H,25,27)/b13-12-. The molecule has 0 fully saturated rings. The van der Waals surface area contributed by atoms with Crippen LogP contribution >= 0.6 is 11.8 Å². The SMILES string of the molecule is CC1=C(/C=C\C(C)C(=O)NNC(=O)c2ccccc2)Sc2ccccc2C=N1. The van der Waals surface area contributed by atoms with Gasteiger partial charge < -0.3 is 0 Å². The van der Waals surface area contributed by atoms with Crippen molar-refractivity contribution in [2.75, 3.05) is 0 Å². The lowest BCUT2D eigenvalue weighted by molar-refractivity contribution is -0.123. The fourth-order valence-corrected chi connectivity index (χ4v) is 3.44. The van der Waals surface area contributed by atoms with Gasteiger partial charge >= 0.3 is 0 Å². The van der Waals surface area contributed by atoms with E-state index in [9.17, 15) is 9.59 Å². The van der Waals surface area contributed by atoms with Crippen molar-refractivity contribution in [3.05, 3.63) is 88.5 Å². The molecule has 28 heavy (non-hydrogen) atoms. The van der Waals surface area contributed by atoms with Crippen LogP contribution in [-0.4, -0.2) is 18.0 Å². The van der Waals surface area contributed by atoms with Crippen LogP contribution in [0.5, 0.6) is 0 Å². The minimum atomic E-state index is -0.417. The second-order valence-electron chi connectivity index (χ2n) is 6.30. The van der Waals surface area contributed by atoms with Crippen LogP contribution in [0.2, 0.25) is 0 Å². The summed E-state index contributed by atoms with van der Waals surface area (Å²) >= 11 is 1.62. The molecule has 2 N–H and O–H groups in total. The van der Waals surface area contributed by atoms with Gasteiger partial charge in [0.25, 0.3) is 5.91 Å². The van der Waals surface area contributed by atoms with E-state index in [-0.39, 0.29) is 11.8 Å². The second kappa shape index (κ2) is 9.19. The van der Waals surface area contributed by atoms with E-state index in [1.54, 1.807) is 49.0 Å². The van der Waals surface area contributed by atoms with Crippen molar-refractivity contribution < 1.29 is 9.59 Å². The number of carbonyl (C=O) groups is 2. The average molecular weight is 391 g/mol. The van der Waals surface area contributed by atoms with Gasteiger partial charge in [-0.2, -0.15) is 0 Å². The summed E-state index contributed by atoms with van der Waals surface area (Å²) in [6, 6.07) is 16.8. The second-order valence-corrected chi connectivity index (χ2v) is 7.39. The highest BCUT2D eigenvalue weighted by Crippen LogP contribution is 2.34. The van der Waals surface area contributed by atoms with Gasteiger partial charge in [-0.25, -0.2) is 0 Å². The fraction of sp³-hybridized carbons (Fsp3) is 0.136. The van der Waals surface area contributed by atoms with E-state index in [1.165, 1.54) is 0 Å². The molecule has 1 aliphatic heterocycles. The van der Waals surface area contributed by atoms with Gasteiger partial charge in [-0.05, 0) is 31.2 Å². The van der Waals surface area contributed by atoms with Crippen molar-refractivity contribution in [3.63, 3.8) is 0 Å². The van der Waals surface area contributed by atoms with Crippen LogP contribution in [0.25, 0.3) is 0 Å². The van der Waals surface area contributed by atoms with Crippen molar-refractivity contribution in [2.24, 2.45) is 10.9 Å². The van der Waals surface area contributed by atoms with Gasteiger partial charge in [-0.15, -0.1) is 0 Å². The minimum Gasteiger partial charge on any atom is -0.273 e. The Morgan fingerprint density at radius 2 is 1.75 bits per heavy atom. The molecule has 0 aromatic heterocycles. The maximum absolute atomic E-state index is 12.3. The third-order valence-corrected chi connectivity index (χ3v) is 5.42. The van der Waals surface area contributed by atoms with E-state index in [0.29, 0.717) is 5.56 Å². The molecule has 3 rings (SSSR count). The number of allylic oxidation sites excluding steroid dienone is 2. The first-order valence-corrected chi connectivity index (χ1v) is 9.71. The van der Waals surface area contributed by atoms with Gasteiger partial charge in [0, 0.05) is 27.1 Å². The average Bonchev–Trinajstić information content (AvgIpc) is 2.89. The molecule has 2 amide bonds. The number of fused-ring (bicyclic) bond motifs is 1. The summed E-state index contributed by atoms with van der Waals surface area (Å²) < 4.78 is 0. The Morgan fingerprint density at radius 3 is 2.54 bits per heavy atom. The summed E-state index contributed by atoms with van der Waals surface area (Å²) in [6.45, 7) is 3.72. The number of hydrazine groups is 1. The number of nitrogens with zero attached hydrogens (tertiary/aromatic N) is 1. The van der Waals surface area contributed by atoms with Crippen molar-refractivity contribution in [1.29, 1.82) is 0 Å². The molecule has 0 bridgehead atoms. The van der Waals surface area contributed by atoms with Crippen LogP contribution in [0.4, 0.5) is 0 Å². The minimum absolute atomic E-state index is 0.290. The van der Waals surface area contributed by atoms with Crippen LogP contribution in [0, 0.1) is 5.92 Å². The lowest BCUT2D eigenvalue weighted by Crippen LogP contribution is -2.43. The van der Waals surface area contributed by atoms with Crippen LogP contribution < -0.4 is 10.9 Å². The highest BCUT2D eigenvalue weighted by molar-refractivity contribution is 8.03. The zero-order valence-electron chi connectivity index (χ0n) is 15.7. The molecule has 142 valence electrons. The molecule has 1 heterocycles. The molecule has 1 atom stereocenters. The Labute approximate surface area is 168 Å². The van der Waals surface area contributed by atoms with E-state index >= 15 is 0 Å². The molecule has 5 nitrogen and oxygen atoms in total. The lowest BCUT2D eigenvalue weighted by Gasteiger charge is -2.10. The maximum Gasteiger partial charge on any atom is 0.269 e. The first kappa shape index (κ1) is 19.6. The van der Waals surface area contributed by atoms with Crippen LogP contribution in [-0.2, 0) is 4.79 Å². The molecule has 6 heteroatoms. The van der Waals surface area contributed by atoms with E-state index in [4.69, 9.17) is 0 Å². The van der Waals surface area contributed by atoms with E-state index in [1.807, 2.05) is 49.5 Å². The third-order valence-electron chi connectivity index (χ3n) is 4.18. The highest BCUT2D eigenvalue weighted by Gasteiger charge is 2.13. The first-order chi connectivity index (χ1) is 13.5. The summed E-state index contributed by atoms with van der Waals surface area (Å²) in [5.41, 5.74) is 7.35.